The molecule has 5 nitrogen and oxygen atoms in total. The van der Waals surface area contributed by atoms with Gasteiger partial charge in [-0.2, -0.15) is 4.98 Å². The number of hydrogen-bond acceptors (Lipinski definition) is 4. The Labute approximate surface area is 132 Å². The highest BCUT2D eigenvalue weighted by Crippen LogP contribution is 2.19. The third-order valence-corrected chi connectivity index (χ3v) is 3.39. The first-order chi connectivity index (χ1) is 10.6. The second-order valence-corrected chi connectivity index (χ2v) is 5.30. The highest BCUT2D eigenvalue weighted by molar-refractivity contribution is 6.31. The SMILES string of the molecule is CCCCNC(=O)Cc1noc(Cc2ccc(F)cc2Cl)n1. The molecule has 0 aliphatic carbocycles. The molecule has 1 N–H and O–H groups in total. The quantitative estimate of drug-likeness (QED) is 0.795. The minimum atomic E-state index is -0.399. The molecule has 22 heavy (non-hydrogen) atoms. The molecule has 1 amide bonds. The zero-order chi connectivity index (χ0) is 15.9. The molecular formula is C15H17ClFN3O2. The lowest BCUT2D eigenvalue weighted by molar-refractivity contribution is -0.120. The van der Waals surface area contributed by atoms with E-state index in [2.05, 4.69) is 22.4 Å². The maximum absolute atomic E-state index is 13.0. The molecule has 118 valence electrons. The van der Waals surface area contributed by atoms with Gasteiger partial charge in [0.2, 0.25) is 11.8 Å². The number of rotatable bonds is 7. The fourth-order valence-electron chi connectivity index (χ4n) is 1.87. The zero-order valence-corrected chi connectivity index (χ0v) is 13.0. The summed E-state index contributed by atoms with van der Waals surface area (Å²) in [4.78, 5) is 15.8. The lowest BCUT2D eigenvalue weighted by atomic mass is 10.1. The van der Waals surface area contributed by atoms with Crippen LogP contribution >= 0.6 is 11.6 Å². The number of benzene rings is 1. The van der Waals surface area contributed by atoms with E-state index in [1.165, 1.54) is 12.1 Å². The molecule has 7 heteroatoms. The Balaban J connectivity index is 1.92. The molecule has 1 aromatic heterocycles. The fraction of sp³-hybridized carbons (Fsp3) is 0.400. The van der Waals surface area contributed by atoms with E-state index in [1.54, 1.807) is 6.07 Å². The van der Waals surface area contributed by atoms with Crippen LogP contribution < -0.4 is 5.32 Å². The summed E-state index contributed by atoms with van der Waals surface area (Å²) in [6.07, 6.45) is 2.32. The molecule has 0 radical (unpaired) electrons. The number of nitrogens with one attached hydrogen (secondary N) is 1. The van der Waals surface area contributed by atoms with Gasteiger partial charge in [0, 0.05) is 11.6 Å². The second kappa shape index (κ2) is 7.89. The van der Waals surface area contributed by atoms with E-state index in [0.717, 1.165) is 12.8 Å². The van der Waals surface area contributed by atoms with Crippen LogP contribution in [0.1, 0.15) is 37.0 Å². The molecule has 2 rings (SSSR count). The van der Waals surface area contributed by atoms with Crippen molar-refractivity contribution in [1.29, 1.82) is 0 Å². The third-order valence-electron chi connectivity index (χ3n) is 3.04. The van der Waals surface area contributed by atoms with Gasteiger partial charge in [-0.1, -0.05) is 36.2 Å². The molecule has 0 saturated heterocycles. The lowest BCUT2D eigenvalue weighted by Crippen LogP contribution is -2.26. The molecule has 0 atom stereocenters. The maximum atomic E-state index is 13.0. The molecule has 1 heterocycles. The molecule has 0 aliphatic rings. The van der Waals surface area contributed by atoms with Crippen LogP contribution in [0, 0.1) is 5.82 Å². The molecule has 0 spiro atoms. The topological polar surface area (TPSA) is 68.0 Å². The van der Waals surface area contributed by atoms with Gasteiger partial charge in [-0.15, -0.1) is 0 Å². The average molecular weight is 326 g/mol. The van der Waals surface area contributed by atoms with Gasteiger partial charge >= 0.3 is 0 Å². The van der Waals surface area contributed by atoms with Crippen molar-refractivity contribution < 1.29 is 13.7 Å². The van der Waals surface area contributed by atoms with E-state index in [0.29, 0.717) is 35.3 Å². The number of nitrogens with zero attached hydrogens (tertiary/aromatic N) is 2. The number of halogens is 2. The molecular weight excluding hydrogens is 309 g/mol. The smallest absolute Gasteiger partial charge is 0.231 e. The summed E-state index contributed by atoms with van der Waals surface area (Å²) in [5.74, 6) is 0.122. The van der Waals surface area contributed by atoms with E-state index in [9.17, 15) is 9.18 Å². The van der Waals surface area contributed by atoms with Crippen LogP contribution in [0.15, 0.2) is 22.7 Å². The third kappa shape index (κ3) is 4.80. The van der Waals surface area contributed by atoms with E-state index < -0.39 is 5.82 Å². The van der Waals surface area contributed by atoms with Gasteiger partial charge in [0.1, 0.15) is 5.82 Å². The Bertz CT molecular complexity index is 645. The summed E-state index contributed by atoms with van der Waals surface area (Å²) < 4.78 is 18.1. The van der Waals surface area contributed by atoms with Gasteiger partial charge in [0.05, 0.1) is 12.8 Å². The number of unbranched alkanes of at least 4 members (excludes halogenated alkanes) is 1. The Morgan fingerprint density at radius 2 is 2.27 bits per heavy atom. The minimum Gasteiger partial charge on any atom is -0.356 e. The Kier molecular flexibility index (Phi) is 5.89. The van der Waals surface area contributed by atoms with Gasteiger partial charge in [0.25, 0.3) is 0 Å². The minimum absolute atomic E-state index is 0.0738. The molecule has 2 aromatic rings. The predicted molar refractivity (Wildman–Crippen MR) is 80.1 cm³/mol. The summed E-state index contributed by atoms with van der Waals surface area (Å²) >= 11 is 5.95. The standard InChI is InChI=1S/C15H17ClFN3O2/c1-2-3-6-18-14(21)9-13-19-15(22-20-13)7-10-4-5-11(17)8-12(10)16/h4-5,8H,2-3,6-7,9H2,1H3,(H,18,21). The van der Waals surface area contributed by atoms with E-state index in [-0.39, 0.29) is 12.3 Å². The fourth-order valence-corrected chi connectivity index (χ4v) is 2.11. The van der Waals surface area contributed by atoms with Crippen LogP contribution in [-0.2, 0) is 17.6 Å². The first-order valence-electron chi connectivity index (χ1n) is 7.10. The highest BCUT2D eigenvalue weighted by Gasteiger charge is 2.12. The van der Waals surface area contributed by atoms with Crippen LogP contribution in [0.2, 0.25) is 5.02 Å². The number of carbonyl (C=O) groups is 1. The van der Waals surface area contributed by atoms with E-state index in [1.807, 2.05) is 0 Å². The zero-order valence-electron chi connectivity index (χ0n) is 12.2. The Morgan fingerprint density at radius 3 is 3.00 bits per heavy atom. The van der Waals surface area contributed by atoms with Crippen molar-refractivity contribution in [2.75, 3.05) is 6.54 Å². The molecule has 0 unspecified atom stereocenters. The van der Waals surface area contributed by atoms with Crippen molar-refractivity contribution in [3.05, 3.63) is 46.3 Å². The predicted octanol–water partition coefficient (Wildman–Crippen LogP) is 2.91. The number of carbonyl (C=O) groups excluding carboxylic acids is 1. The highest BCUT2D eigenvalue weighted by atomic mass is 35.5. The van der Waals surface area contributed by atoms with Gasteiger partial charge in [-0.05, 0) is 24.1 Å². The van der Waals surface area contributed by atoms with Crippen molar-refractivity contribution in [3.63, 3.8) is 0 Å². The van der Waals surface area contributed by atoms with Gasteiger partial charge < -0.3 is 9.84 Å². The molecule has 0 fully saturated rings. The van der Waals surface area contributed by atoms with E-state index in [4.69, 9.17) is 16.1 Å². The first-order valence-corrected chi connectivity index (χ1v) is 7.48. The molecule has 0 aliphatic heterocycles. The second-order valence-electron chi connectivity index (χ2n) is 4.90. The van der Waals surface area contributed by atoms with Crippen LogP contribution in [0.5, 0.6) is 0 Å². The summed E-state index contributed by atoms with van der Waals surface area (Å²) in [5.41, 5.74) is 0.686. The first kappa shape index (κ1) is 16.4. The van der Waals surface area contributed by atoms with Crippen molar-refractivity contribution in [2.24, 2.45) is 0 Å². The van der Waals surface area contributed by atoms with Crippen LogP contribution in [0.25, 0.3) is 0 Å². The largest absolute Gasteiger partial charge is 0.356 e. The maximum Gasteiger partial charge on any atom is 0.231 e. The van der Waals surface area contributed by atoms with E-state index >= 15 is 0 Å². The summed E-state index contributed by atoms with van der Waals surface area (Å²) in [7, 11) is 0. The van der Waals surface area contributed by atoms with Crippen LogP contribution in [-0.4, -0.2) is 22.6 Å². The average Bonchev–Trinajstić information content (AvgIpc) is 2.89. The van der Waals surface area contributed by atoms with Gasteiger partial charge in [0.15, 0.2) is 5.82 Å². The number of amides is 1. The van der Waals surface area contributed by atoms with Gasteiger partial charge in [-0.25, -0.2) is 4.39 Å². The molecule has 0 bridgehead atoms. The lowest BCUT2D eigenvalue weighted by Gasteiger charge is -2.01. The molecule has 1 aromatic carbocycles. The summed E-state index contributed by atoms with van der Waals surface area (Å²) in [6.45, 7) is 2.70. The van der Waals surface area contributed by atoms with Crippen molar-refractivity contribution in [2.45, 2.75) is 32.6 Å². The summed E-state index contributed by atoms with van der Waals surface area (Å²) in [5, 5.41) is 6.85. The molecule has 0 saturated carbocycles. The van der Waals surface area contributed by atoms with Crippen LogP contribution in [0.3, 0.4) is 0 Å². The van der Waals surface area contributed by atoms with Crippen molar-refractivity contribution in [3.8, 4) is 0 Å². The Morgan fingerprint density at radius 1 is 1.45 bits per heavy atom. The van der Waals surface area contributed by atoms with Crippen molar-refractivity contribution >= 4 is 17.5 Å². The summed E-state index contributed by atoms with van der Waals surface area (Å²) in [6, 6.07) is 4.12. The Hall–Kier alpha value is -1.95. The number of aromatic nitrogens is 2. The van der Waals surface area contributed by atoms with Crippen molar-refractivity contribution in [1.82, 2.24) is 15.5 Å². The van der Waals surface area contributed by atoms with Crippen LogP contribution in [0.4, 0.5) is 4.39 Å². The normalized spacial score (nSPS) is 10.7. The monoisotopic (exact) mass is 325 g/mol. The van der Waals surface area contributed by atoms with Gasteiger partial charge in [-0.3, -0.25) is 4.79 Å². The number of hydrogen-bond donors (Lipinski definition) is 1.